The van der Waals surface area contributed by atoms with Gasteiger partial charge < -0.3 is 16.4 Å². The molecule has 0 bridgehead atoms. The normalized spacial score (nSPS) is 10.5. The van der Waals surface area contributed by atoms with E-state index in [0.29, 0.717) is 20.8 Å². The average molecular weight is 450 g/mol. The molecule has 0 aliphatic carbocycles. The lowest BCUT2D eigenvalue weighted by molar-refractivity contribution is -0.115. The maximum absolute atomic E-state index is 13.2. The number of para-hydroxylation sites is 1. The molecule has 0 radical (unpaired) electrons. The van der Waals surface area contributed by atoms with Crippen molar-refractivity contribution in [2.75, 3.05) is 22.1 Å². The number of benzene rings is 2. The second-order valence-corrected chi connectivity index (χ2v) is 8.81. The van der Waals surface area contributed by atoms with Gasteiger partial charge in [-0.3, -0.25) is 9.59 Å². The number of halogens is 1. The first-order chi connectivity index (χ1) is 14.0. The van der Waals surface area contributed by atoms with Crippen molar-refractivity contribution in [3.8, 4) is 0 Å². The molecule has 0 spiro atoms. The van der Waals surface area contributed by atoms with Gasteiger partial charge in [0.2, 0.25) is 16.9 Å². The Morgan fingerprint density at radius 3 is 2.69 bits per heavy atom. The van der Waals surface area contributed by atoms with Crippen LogP contribution >= 0.6 is 34.9 Å². The summed E-state index contributed by atoms with van der Waals surface area (Å²) in [6.45, 7) is 0. The molecule has 1 heterocycles. The van der Waals surface area contributed by atoms with Crippen molar-refractivity contribution in [3.63, 3.8) is 0 Å². The fourth-order valence-corrected chi connectivity index (χ4v) is 4.49. The number of amides is 2. The van der Waals surface area contributed by atoms with Gasteiger partial charge in [-0.15, -0.1) is 22.0 Å². The molecule has 0 fully saturated rings. The second-order valence-electron chi connectivity index (χ2n) is 5.60. The van der Waals surface area contributed by atoms with Gasteiger partial charge in [-0.1, -0.05) is 41.3 Å². The number of hydrogen-bond donors (Lipinski definition) is 3. The highest BCUT2D eigenvalue weighted by molar-refractivity contribution is 8.01. The lowest BCUT2D eigenvalue weighted by atomic mass is 10.3. The van der Waals surface area contributed by atoms with E-state index in [0.717, 1.165) is 4.90 Å². The lowest BCUT2D eigenvalue weighted by Gasteiger charge is -2.09. The van der Waals surface area contributed by atoms with Crippen molar-refractivity contribution in [2.24, 2.45) is 5.73 Å². The number of nitrogens with zero attached hydrogens (tertiary/aromatic N) is 2. The minimum absolute atomic E-state index is 0.132. The molecule has 150 valence electrons. The van der Waals surface area contributed by atoms with Crippen LogP contribution in [0.4, 0.5) is 20.9 Å². The zero-order valence-corrected chi connectivity index (χ0v) is 17.4. The molecule has 3 rings (SSSR count). The maximum Gasteiger partial charge on any atom is 0.234 e. The van der Waals surface area contributed by atoms with Crippen molar-refractivity contribution in [1.29, 1.82) is 0 Å². The Kier molecular flexibility index (Phi) is 7.44. The molecular formula is C18H16FN5O2S3. The van der Waals surface area contributed by atoms with Crippen LogP contribution < -0.4 is 16.4 Å². The van der Waals surface area contributed by atoms with E-state index in [1.54, 1.807) is 24.3 Å². The third-order valence-corrected chi connectivity index (χ3v) is 6.41. The topological polar surface area (TPSA) is 110 Å². The fourth-order valence-electron chi connectivity index (χ4n) is 2.17. The van der Waals surface area contributed by atoms with Gasteiger partial charge in [0.1, 0.15) is 5.82 Å². The Balaban J connectivity index is 1.53. The minimum Gasteiger partial charge on any atom is -0.369 e. The summed E-state index contributed by atoms with van der Waals surface area (Å²) in [5.74, 6) is -0.709. The molecule has 0 saturated carbocycles. The Bertz CT molecular complexity index is 1010. The number of hydrogen-bond acceptors (Lipinski definition) is 8. The Morgan fingerprint density at radius 2 is 1.90 bits per heavy atom. The summed E-state index contributed by atoms with van der Waals surface area (Å²) in [4.78, 5) is 24.0. The van der Waals surface area contributed by atoms with Crippen molar-refractivity contribution >= 4 is 63.2 Å². The van der Waals surface area contributed by atoms with E-state index in [1.807, 2.05) is 12.1 Å². The van der Waals surface area contributed by atoms with E-state index >= 15 is 0 Å². The molecule has 3 aromatic rings. The van der Waals surface area contributed by atoms with E-state index in [2.05, 4.69) is 20.8 Å². The van der Waals surface area contributed by atoms with E-state index in [9.17, 15) is 14.0 Å². The highest BCUT2D eigenvalue weighted by Crippen LogP contribution is 2.29. The molecule has 0 unspecified atom stereocenters. The zero-order valence-electron chi connectivity index (χ0n) is 14.9. The average Bonchev–Trinajstić information content (AvgIpc) is 3.13. The van der Waals surface area contributed by atoms with Crippen LogP contribution in [-0.2, 0) is 9.59 Å². The Hall–Kier alpha value is -2.63. The Labute approximate surface area is 178 Å². The van der Waals surface area contributed by atoms with Gasteiger partial charge in [-0.2, -0.15) is 0 Å². The molecular weight excluding hydrogens is 433 g/mol. The number of anilines is 3. The molecule has 0 aliphatic heterocycles. The molecule has 29 heavy (non-hydrogen) atoms. The van der Waals surface area contributed by atoms with Crippen LogP contribution in [0.15, 0.2) is 57.8 Å². The van der Waals surface area contributed by atoms with Gasteiger partial charge >= 0.3 is 0 Å². The van der Waals surface area contributed by atoms with Crippen LogP contribution in [0.3, 0.4) is 0 Å². The predicted octanol–water partition coefficient (Wildman–Crippen LogP) is 3.73. The number of nitrogens with two attached hydrogens (primary N) is 1. The summed E-state index contributed by atoms with van der Waals surface area (Å²) in [7, 11) is 0. The van der Waals surface area contributed by atoms with E-state index in [4.69, 9.17) is 5.73 Å². The van der Waals surface area contributed by atoms with Crippen molar-refractivity contribution in [2.45, 2.75) is 9.24 Å². The first kappa shape index (κ1) is 21.1. The van der Waals surface area contributed by atoms with Crippen molar-refractivity contribution in [3.05, 3.63) is 54.3 Å². The summed E-state index contributed by atoms with van der Waals surface area (Å²) in [6.07, 6.45) is 0. The summed E-state index contributed by atoms with van der Waals surface area (Å²) >= 11 is 3.78. The quantitative estimate of drug-likeness (QED) is 0.427. The van der Waals surface area contributed by atoms with Gasteiger partial charge in [0, 0.05) is 10.6 Å². The van der Waals surface area contributed by atoms with Gasteiger partial charge in [0.25, 0.3) is 0 Å². The largest absolute Gasteiger partial charge is 0.369 e. The van der Waals surface area contributed by atoms with E-state index in [1.165, 1.54) is 47.0 Å². The third-order valence-electron chi connectivity index (χ3n) is 3.34. The number of carbonyl (C=O) groups is 2. The molecule has 2 aromatic carbocycles. The Morgan fingerprint density at radius 1 is 1.07 bits per heavy atom. The van der Waals surface area contributed by atoms with Crippen LogP contribution in [0.1, 0.15) is 0 Å². The number of primary amides is 1. The monoisotopic (exact) mass is 449 g/mol. The predicted molar refractivity (Wildman–Crippen MR) is 115 cm³/mol. The van der Waals surface area contributed by atoms with Gasteiger partial charge in [0.05, 0.1) is 17.2 Å². The van der Waals surface area contributed by atoms with Gasteiger partial charge in [-0.05, 0) is 30.3 Å². The highest BCUT2D eigenvalue weighted by atomic mass is 32.2. The highest BCUT2D eigenvalue weighted by Gasteiger charge is 2.11. The second kappa shape index (κ2) is 10.2. The summed E-state index contributed by atoms with van der Waals surface area (Å²) < 4.78 is 13.8. The molecule has 0 atom stereocenters. The van der Waals surface area contributed by atoms with Gasteiger partial charge in [-0.25, -0.2) is 4.39 Å². The van der Waals surface area contributed by atoms with E-state index < -0.39 is 5.91 Å². The maximum atomic E-state index is 13.2. The summed E-state index contributed by atoms with van der Waals surface area (Å²) in [5.41, 5.74) is 6.37. The van der Waals surface area contributed by atoms with Crippen LogP contribution in [0, 0.1) is 5.82 Å². The molecule has 0 saturated heterocycles. The van der Waals surface area contributed by atoms with E-state index in [-0.39, 0.29) is 23.2 Å². The zero-order chi connectivity index (χ0) is 20.6. The molecule has 7 nitrogen and oxygen atoms in total. The van der Waals surface area contributed by atoms with Gasteiger partial charge in [0.15, 0.2) is 4.34 Å². The minimum atomic E-state index is -0.425. The van der Waals surface area contributed by atoms with Crippen LogP contribution in [0.25, 0.3) is 0 Å². The lowest BCUT2D eigenvalue weighted by Crippen LogP contribution is -2.15. The smallest absolute Gasteiger partial charge is 0.234 e. The summed E-state index contributed by atoms with van der Waals surface area (Å²) in [6, 6.07) is 13.2. The molecule has 0 aliphatic rings. The number of thioether (sulfide) groups is 2. The van der Waals surface area contributed by atoms with Crippen molar-refractivity contribution < 1.29 is 14.0 Å². The SMILES string of the molecule is NC(=O)CSc1ccccc1NC(=O)CSc1nnc(Nc2cccc(F)c2)s1. The first-order valence-corrected chi connectivity index (χ1v) is 11.1. The molecule has 1 aromatic heterocycles. The van der Waals surface area contributed by atoms with Crippen LogP contribution in [0.5, 0.6) is 0 Å². The summed E-state index contributed by atoms with van der Waals surface area (Å²) in [5, 5.41) is 14.3. The standard InChI is InChI=1S/C18H16FN5O2S3/c19-11-4-3-5-12(8-11)21-17-23-24-18(29-17)28-10-16(26)22-13-6-1-2-7-14(13)27-9-15(20)25/h1-8H,9-10H2,(H2,20,25)(H,21,23)(H,22,26). The number of nitrogens with one attached hydrogen (secondary N) is 2. The fraction of sp³-hybridized carbons (Fsp3) is 0.111. The van der Waals surface area contributed by atoms with Crippen molar-refractivity contribution in [1.82, 2.24) is 10.2 Å². The molecule has 4 N–H and O–H groups in total. The van der Waals surface area contributed by atoms with Crippen LogP contribution in [0.2, 0.25) is 0 Å². The number of carbonyl (C=O) groups excluding carboxylic acids is 2. The van der Waals surface area contributed by atoms with Crippen LogP contribution in [-0.4, -0.2) is 33.5 Å². The molecule has 11 heteroatoms. The first-order valence-electron chi connectivity index (χ1n) is 8.28. The third kappa shape index (κ3) is 6.73. The number of aromatic nitrogens is 2. The molecule has 2 amide bonds. The number of rotatable bonds is 9.